The third kappa shape index (κ3) is 5.25. The second-order valence-electron chi connectivity index (χ2n) is 8.33. The van der Waals surface area contributed by atoms with E-state index < -0.39 is 0 Å². The van der Waals surface area contributed by atoms with E-state index in [1.165, 1.54) is 12.1 Å². The lowest BCUT2D eigenvalue weighted by molar-refractivity contribution is 0.0521. The predicted octanol–water partition coefficient (Wildman–Crippen LogP) is 4.57. The van der Waals surface area contributed by atoms with Crippen LogP contribution in [0.15, 0.2) is 75.7 Å². The Kier molecular flexibility index (Phi) is 6.58. The second-order valence-corrected chi connectivity index (χ2v) is 8.33. The molecule has 5 rings (SSSR count). The number of furan rings is 1. The van der Waals surface area contributed by atoms with E-state index in [1.807, 2.05) is 37.3 Å². The first-order valence-electron chi connectivity index (χ1n) is 11.5. The van der Waals surface area contributed by atoms with Gasteiger partial charge in [0.25, 0.3) is 5.91 Å². The fourth-order valence-corrected chi connectivity index (χ4v) is 3.99. The van der Waals surface area contributed by atoms with Gasteiger partial charge in [-0.15, -0.1) is 0 Å². The van der Waals surface area contributed by atoms with Gasteiger partial charge in [-0.25, -0.2) is 4.39 Å². The molecule has 0 saturated carbocycles. The topological polar surface area (TPSA) is 84.8 Å². The molecule has 1 aliphatic rings. The zero-order valence-electron chi connectivity index (χ0n) is 19.3. The van der Waals surface area contributed by atoms with Crippen molar-refractivity contribution in [1.29, 1.82) is 0 Å². The summed E-state index contributed by atoms with van der Waals surface area (Å²) in [6, 6.07) is 18.8. The second kappa shape index (κ2) is 10.1. The van der Waals surface area contributed by atoms with E-state index in [9.17, 15) is 9.18 Å². The molecule has 1 unspecified atom stereocenters. The lowest BCUT2D eigenvalue weighted by Gasteiger charge is -2.36. The minimum atomic E-state index is -0.327. The van der Waals surface area contributed by atoms with E-state index in [-0.39, 0.29) is 30.1 Å². The normalized spacial score (nSPS) is 15.2. The average Bonchev–Trinajstić information content (AvgIpc) is 3.59. The molecule has 4 aromatic rings. The van der Waals surface area contributed by atoms with E-state index in [0.717, 1.165) is 5.56 Å². The van der Waals surface area contributed by atoms with Crippen LogP contribution in [0.25, 0.3) is 11.4 Å². The molecule has 0 N–H and O–H groups in total. The van der Waals surface area contributed by atoms with Crippen molar-refractivity contribution in [1.82, 2.24) is 19.9 Å². The molecule has 3 heterocycles. The molecule has 0 aliphatic carbocycles. The Morgan fingerprint density at radius 1 is 1.03 bits per heavy atom. The van der Waals surface area contributed by atoms with Crippen LogP contribution in [0.4, 0.5) is 4.39 Å². The largest absolute Gasteiger partial charge is 0.486 e. The molecule has 2 aromatic heterocycles. The van der Waals surface area contributed by atoms with Crippen LogP contribution in [0.3, 0.4) is 0 Å². The summed E-state index contributed by atoms with van der Waals surface area (Å²) in [5, 5.41) is 4.11. The lowest BCUT2D eigenvalue weighted by Crippen LogP contribution is -2.49. The molecule has 9 heteroatoms. The number of rotatable bonds is 7. The van der Waals surface area contributed by atoms with Gasteiger partial charge in [-0.2, -0.15) is 4.98 Å². The van der Waals surface area contributed by atoms with Crippen LogP contribution in [0.5, 0.6) is 5.75 Å². The van der Waals surface area contributed by atoms with E-state index >= 15 is 0 Å². The zero-order chi connectivity index (χ0) is 24.2. The summed E-state index contributed by atoms with van der Waals surface area (Å²) in [5.41, 5.74) is 0.908. The Hall–Kier alpha value is -3.98. The highest BCUT2D eigenvalue weighted by Gasteiger charge is 2.29. The minimum absolute atomic E-state index is 0.0592. The Morgan fingerprint density at radius 3 is 2.51 bits per heavy atom. The molecule has 1 fully saturated rings. The Morgan fingerprint density at radius 2 is 1.77 bits per heavy atom. The van der Waals surface area contributed by atoms with Gasteiger partial charge in [0, 0.05) is 31.7 Å². The monoisotopic (exact) mass is 476 g/mol. The van der Waals surface area contributed by atoms with Gasteiger partial charge >= 0.3 is 0 Å². The van der Waals surface area contributed by atoms with Crippen molar-refractivity contribution in [2.45, 2.75) is 19.6 Å². The average molecular weight is 477 g/mol. The zero-order valence-corrected chi connectivity index (χ0v) is 19.3. The number of nitrogens with zero attached hydrogens (tertiary/aromatic N) is 4. The van der Waals surface area contributed by atoms with Gasteiger partial charge in [-0.1, -0.05) is 35.5 Å². The molecule has 0 radical (unpaired) electrons. The predicted molar refractivity (Wildman–Crippen MR) is 125 cm³/mol. The van der Waals surface area contributed by atoms with E-state index in [0.29, 0.717) is 49.4 Å². The summed E-state index contributed by atoms with van der Waals surface area (Å²) in [6.45, 7) is 4.66. The number of hydrogen-bond donors (Lipinski definition) is 0. The minimum Gasteiger partial charge on any atom is -0.486 e. The number of carbonyl (C=O) groups excluding carboxylic acids is 1. The SMILES string of the molecule is CC(c1nc(-c2ccccc2)no1)N1CCN(C(=O)c2ccc(COc3ccc(F)cc3)o2)CC1. The van der Waals surface area contributed by atoms with Crippen molar-refractivity contribution in [3.8, 4) is 17.1 Å². The maximum Gasteiger partial charge on any atom is 0.289 e. The van der Waals surface area contributed by atoms with Gasteiger partial charge in [0.2, 0.25) is 11.7 Å². The number of carbonyl (C=O) groups is 1. The summed E-state index contributed by atoms with van der Waals surface area (Å²) in [4.78, 5) is 21.5. The summed E-state index contributed by atoms with van der Waals surface area (Å²) in [7, 11) is 0. The molecular weight excluding hydrogens is 451 g/mol. The highest BCUT2D eigenvalue weighted by atomic mass is 19.1. The molecular formula is C26H25FN4O4. The van der Waals surface area contributed by atoms with Gasteiger partial charge in [-0.3, -0.25) is 9.69 Å². The highest BCUT2D eigenvalue weighted by Crippen LogP contribution is 2.24. The molecule has 8 nitrogen and oxygen atoms in total. The maximum absolute atomic E-state index is 13.0. The van der Waals surface area contributed by atoms with Crippen LogP contribution in [-0.2, 0) is 6.61 Å². The van der Waals surface area contributed by atoms with Gasteiger partial charge in [0.05, 0.1) is 6.04 Å². The van der Waals surface area contributed by atoms with E-state index in [4.69, 9.17) is 13.7 Å². The van der Waals surface area contributed by atoms with Crippen molar-refractivity contribution in [2.75, 3.05) is 26.2 Å². The fourth-order valence-electron chi connectivity index (χ4n) is 3.99. The molecule has 1 saturated heterocycles. The highest BCUT2D eigenvalue weighted by molar-refractivity contribution is 5.91. The number of benzene rings is 2. The van der Waals surface area contributed by atoms with E-state index in [1.54, 1.807) is 29.2 Å². The van der Waals surface area contributed by atoms with Gasteiger partial charge in [-0.05, 0) is 43.3 Å². The smallest absolute Gasteiger partial charge is 0.289 e. The van der Waals surface area contributed by atoms with Crippen LogP contribution in [0.1, 0.15) is 35.2 Å². The summed E-state index contributed by atoms with van der Waals surface area (Å²) in [5.74, 6) is 1.96. The first-order chi connectivity index (χ1) is 17.1. The lowest BCUT2D eigenvalue weighted by atomic mass is 10.2. The van der Waals surface area contributed by atoms with Crippen LogP contribution in [0, 0.1) is 5.82 Å². The van der Waals surface area contributed by atoms with Gasteiger partial charge < -0.3 is 18.6 Å². The summed E-state index contributed by atoms with van der Waals surface area (Å²) >= 11 is 0. The Labute approximate surface area is 201 Å². The third-order valence-electron chi connectivity index (χ3n) is 6.05. The van der Waals surface area contributed by atoms with Crippen molar-refractivity contribution >= 4 is 5.91 Å². The first-order valence-corrected chi connectivity index (χ1v) is 11.5. The Balaban J connectivity index is 1.14. The van der Waals surface area contributed by atoms with Crippen molar-refractivity contribution < 1.29 is 22.9 Å². The molecule has 180 valence electrons. The standard InChI is InChI=1S/C26H25FN4O4/c1-18(25-28-24(29-35-25)19-5-3-2-4-6-19)30-13-15-31(16-14-30)26(32)23-12-11-22(34-23)17-33-21-9-7-20(27)8-10-21/h2-12,18H,13-17H2,1H3. The molecule has 0 spiro atoms. The van der Waals surface area contributed by atoms with Gasteiger partial charge in [0.1, 0.15) is 23.9 Å². The van der Waals surface area contributed by atoms with E-state index in [2.05, 4.69) is 15.0 Å². The fraction of sp³-hybridized carbons (Fsp3) is 0.269. The van der Waals surface area contributed by atoms with Crippen LogP contribution >= 0.6 is 0 Å². The Bertz CT molecular complexity index is 1260. The van der Waals surface area contributed by atoms with Crippen molar-refractivity contribution in [3.63, 3.8) is 0 Å². The number of piperazine rings is 1. The van der Waals surface area contributed by atoms with Crippen molar-refractivity contribution in [3.05, 3.63) is 90.0 Å². The number of hydrogen-bond acceptors (Lipinski definition) is 7. The summed E-state index contributed by atoms with van der Waals surface area (Å²) < 4.78 is 29.8. The number of halogens is 1. The third-order valence-corrected chi connectivity index (χ3v) is 6.05. The summed E-state index contributed by atoms with van der Waals surface area (Å²) in [6.07, 6.45) is 0. The van der Waals surface area contributed by atoms with Crippen LogP contribution < -0.4 is 4.74 Å². The number of aromatic nitrogens is 2. The molecule has 0 bridgehead atoms. The first kappa shape index (κ1) is 22.8. The van der Waals surface area contributed by atoms with Gasteiger partial charge in [0.15, 0.2) is 5.76 Å². The maximum atomic E-state index is 13.0. The van der Waals surface area contributed by atoms with Crippen LogP contribution in [-0.4, -0.2) is 52.0 Å². The quantitative estimate of drug-likeness (QED) is 0.386. The number of ether oxygens (including phenoxy) is 1. The molecule has 1 amide bonds. The molecule has 1 atom stereocenters. The molecule has 35 heavy (non-hydrogen) atoms. The van der Waals surface area contributed by atoms with Crippen LogP contribution in [0.2, 0.25) is 0 Å². The molecule has 2 aromatic carbocycles. The molecule has 1 aliphatic heterocycles. The number of amides is 1. The van der Waals surface area contributed by atoms with Crippen molar-refractivity contribution in [2.24, 2.45) is 0 Å².